The van der Waals surface area contributed by atoms with Crippen LogP contribution in [0.15, 0.2) is 59.3 Å². The predicted octanol–water partition coefficient (Wildman–Crippen LogP) is 4.30. The number of nitrogens with zero attached hydrogens (tertiary/aromatic N) is 1. The average Bonchev–Trinajstić information content (AvgIpc) is 3.25. The van der Waals surface area contributed by atoms with Gasteiger partial charge in [-0.15, -0.1) is 0 Å². The molecule has 0 saturated heterocycles. The first-order chi connectivity index (χ1) is 14.1. The second-order valence-corrected chi connectivity index (χ2v) is 6.99. The molecule has 0 aliphatic heterocycles. The molecule has 0 aliphatic rings. The molecule has 2 aromatic carbocycles. The Bertz CT molecular complexity index is 1010. The number of hydrogen-bond donors (Lipinski definition) is 1. The van der Waals surface area contributed by atoms with Gasteiger partial charge in [-0.25, -0.2) is 5.48 Å². The van der Waals surface area contributed by atoms with Crippen molar-refractivity contribution in [3.05, 3.63) is 81.5 Å². The number of thiophene rings is 1. The maximum atomic E-state index is 12.6. The van der Waals surface area contributed by atoms with E-state index in [0.717, 1.165) is 11.1 Å². The molecular formula is C22H20N2O4S. The van der Waals surface area contributed by atoms with Crippen molar-refractivity contribution < 1.29 is 19.1 Å². The molecule has 148 valence electrons. The van der Waals surface area contributed by atoms with Gasteiger partial charge in [-0.3, -0.25) is 9.63 Å². The Kier molecular flexibility index (Phi) is 6.85. The number of nitrogens with one attached hydrogen (secondary N) is 1. The molecule has 0 fully saturated rings. The number of nitriles is 1. The fourth-order valence-corrected chi connectivity index (χ4v) is 3.40. The van der Waals surface area contributed by atoms with Gasteiger partial charge in [-0.2, -0.15) is 16.6 Å². The van der Waals surface area contributed by atoms with Crippen molar-refractivity contribution in [1.29, 1.82) is 5.26 Å². The number of carbonyl (C=O) groups excluding carboxylic acids is 1. The van der Waals surface area contributed by atoms with Gasteiger partial charge in [0.15, 0.2) is 0 Å². The number of hydrogen-bond acceptors (Lipinski definition) is 6. The SMILES string of the molecule is CONC(=O)[C@@H](Oc1cc(OCc2ccsc2)ccc1C#N)c1ccccc1C. The summed E-state index contributed by atoms with van der Waals surface area (Å²) in [6.07, 6.45) is -0.990. The zero-order valence-electron chi connectivity index (χ0n) is 16.0. The van der Waals surface area contributed by atoms with Crippen molar-refractivity contribution in [2.24, 2.45) is 0 Å². The highest BCUT2D eigenvalue weighted by Crippen LogP contribution is 2.31. The molecular weight excluding hydrogens is 388 g/mol. The molecule has 1 aromatic heterocycles. The molecule has 3 rings (SSSR count). The molecule has 0 saturated carbocycles. The first kappa shape index (κ1) is 20.4. The highest BCUT2D eigenvalue weighted by atomic mass is 32.1. The van der Waals surface area contributed by atoms with Gasteiger partial charge in [0, 0.05) is 11.6 Å². The summed E-state index contributed by atoms with van der Waals surface area (Å²) in [5, 5.41) is 13.5. The highest BCUT2D eigenvalue weighted by molar-refractivity contribution is 7.07. The minimum Gasteiger partial charge on any atom is -0.489 e. The molecule has 0 spiro atoms. The molecule has 6 nitrogen and oxygen atoms in total. The Labute approximate surface area is 173 Å². The Balaban J connectivity index is 1.89. The van der Waals surface area contributed by atoms with E-state index >= 15 is 0 Å². The molecule has 29 heavy (non-hydrogen) atoms. The summed E-state index contributed by atoms with van der Waals surface area (Å²) >= 11 is 1.60. The fraction of sp³-hybridized carbons (Fsp3) is 0.182. The van der Waals surface area contributed by atoms with Gasteiger partial charge in [0.1, 0.15) is 24.2 Å². The maximum absolute atomic E-state index is 12.6. The van der Waals surface area contributed by atoms with Crippen LogP contribution in [0.3, 0.4) is 0 Å². The van der Waals surface area contributed by atoms with Gasteiger partial charge in [0.25, 0.3) is 5.91 Å². The van der Waals surface area contributed by atoms with Crippen LogP contribution in [-0.4, -0.2) is 13.0 Å². The maximum Gasteiger partial charge on any atom is 0.289 e. The van der Waals surface area contributed by atoms with Gasteiger partial charge in [0.2, 0.25) is 6.10 Å². The summed E-state index contributed by atoms with van der Waals surface area (Å²) in [6.45, 7) is 2.29. The second kappa shape index (κ2) is 9.73. The largest absolute Gasteiger partial charge is 0.489 e. The molecule has 1 amide bonds. The van der Waals surface area contributed by atoms with E-state index in [1.54, 1.807) is 35.6 Å². The molecule has 3 aromatic rings. The Hall–Kier alpha value is -3.34. The standard InChI is InChI=1S/C22H20N2O4S/c1-15-5-3-4-6-19(15)21(22(25)24-26-2)28-20-11-18(8-7-17(20)12-23)27-13-16-9-10-29-14-16/h3-11,14,21H,13H2,1-2H3,(H,24,25)/t21-/m0/s1. The molecule has 0 aliphatic carbocycles. The van der Waals surface area contributed by atoms with Crippen LogP contribution < -0.4 is 15.0 Å². The zero-order valence-corrected chi connectivity index (χ0v) is 16.9. The van der Waals surface area contributed by atoms with Gasteiger partial charge >= 0.3 is 0 Å². The van der Waals surface area contributed by atoms with Crippen LogP contribution in [0.2, 0.25) is 0 Å². The van der Waals surface area contributed by atoms with Crippen molar-refractivity contribution >= 4 is 17.2 Å². The van der Waals surface area contributed by atoms with E-state index in [1.807, 2.05) is 41.9 Å². The minimum atomic E-state index is -0.990. The predicted molar refractivity (Wildman–Crippen MR) is 110 cm³/mol. The van der Waals surface area contributed by atoms with Gasteiger partial charge < -0.3 is 9.47 Å². The number of carbonyl (C=O) groups is 1. The lowest BCUT2D eigenvalue weighted by atomic mass is 10.0. The molecule has 7 heteroatoms. The quantitative estimate of drug-likeness (QED) is 0.562. The van der Waals surface area contributed by atoms with E-state index in [1.165, 1.54) is 7.11 Å². The average molecular weight is 408 g/mol. The summed E-state index contributed by atoms with van der Waals surface area (Å²) in [4.78, 5) is 17.4. The number of ether oxygens (including phenoxy) is 2. The van der Waals surface area contributed by atoms with Gasteiger partial charge in [-0.1, -0.05) is 24.3 Å². The van der Waals surface area contributed by atoms with Crippen molar-refractivity contribution in [2.45, 2.75) is 19.6 Å². The van der Waals surface area contributed by atoms with Crippen LogP contribution in [0.25, 0.3) is 0 Å². The van der Waals surface area contributed by atoms with Crippen LogP contribution in [0.5, 0.6) is 11.5 Å². The first-order valence-corrected chi connectivity index (χ1v) is 9.79. The Morgan fingerprint density at radius 1 is 1.24 bits per heavy atom. The third-order valence-electron chi connectivity index (χ3n) is 4.22. The number of benzene rings is 2. The lowest BCUT2D eigenvalue weighted by molar-refractivity contribution is -0.139. The topological polar surface area (TPSA) is 80.6 Å². The molecule has 0 unspecified atom stereocenters. The lowest BCUT2D eigenvalue weighted by Crippen LogP contribution is -2.32. The van der Waals surface area contributed by atoms with Crippen LogP contribution >= 0.6 is 11.3 Å². The normalized spacial score (nSPS) is 11.3. The fourth-order valence-electron chi connectivity index (χ4n) is 2.74. The van der Waals surface area contributed by atoms with E-state index in [9.17, 15) is 10.1 Å². The van der Waals surface area contributed by atoms with Crippen molar-refractivity contribution in [1.82, 2.24) is 5.48 Å². The van der Waals surface area contributed by atoms with Crippen molar-refractivity contribution in [3.8, 4) is 17.6 Å². The van der Waals surface area contributed by atoms with E-state index in [0.29, 0.717) is 23.5 Å². The Morgan fingerprint density at radius 2 is 2.07 bits per heavy atom. The zero-order chi connectivity index (χ0) is 20.6. The van der Waals surface area contributed by atoms with Gasteiger partial charge in [-0.05, 0) is 47.0 Å². The lowest BCUT2D eigenvalue weighted by Gasteiger charge is -2.21. The molecule has 1 atom stereocenters. The number of hydroxylamine groups is 1. The molecule has 1 N–H and O–H groups in total. The third kappa shape index (κ3) is 5.13. The summed E-state index contributed by atoms with van der Waals surface area (Å²) < 4.78 is 11.8. The first-order valence-electron chi connectivity index (χ1n) is 8.85. The number of amides is 1. The van der Waals surface area contributed by atoms with E-state index in [4.69, 9.17) is 14.3 Å². The summed E-state index contributed by atoms with van der Waals surface area (Å²) in [7, 11) is 1.35. The molecule has 0 bridgehead atoms. The molecule has 1 heterocycles. The number of rotatable bonds is 8. The van der Waals surface area contributed by atoms with Crippen molar-refractivity contribution in [2.75, 3.05) is 7.11 Å². The minimum absolute atomic E-state index is 0.259. The highest BCUT2D eigenvalue weighted by Gasteiger charge is 2.25. The Morgan fingerprint density at radius 3 is 2.76 bits per heavy atom. The summed E-state index contributed by atoms with van der Waals surface area (Å²) in [5.41, 5.74) is 5.23. The van der Waals surface area contributed by atoms with Crippen LogP contribution in [0, 0.1) is 18.3 Å². The van der Waals surface area contributed by atoms with Crippen LogP contribution in [-0.2, 0) is 16.2 Å². The smallest absolute Gasteiger partial charge is 0.289 e. The summed E-state index contributed by atoms with van der Waals surface area (Å²) in [5.74, 6) is 0.325. The van der Waals surface area contributed by atoms with Crippen LogP contribution in [0.4, 0.5) is 0 Å². The second-order valence-electron chi connectivity index (χ2n) is 6.21. The monoisotopic (exact) mass is 408 g/mol. The third-order valence-corrected chi connectivity index (χ3v) is 4.95. The van der Waals surface area contributed by atoms with E-state index in [2.05, 4.69) is 11.5 Å². The van der Waals surface area contributed by atoms with Gasteiger partial charge in [0.05, 0.1) is 12.7 Å². The van der Waals surface area contributed by atoms with E-state index < -0.39 is 12.0 Å². The molecule has 0 radical (unpaired) electrons. The summed E-state index contributed by atoms with van der Waals surface area (Å²) in [6, 6.07) is 16.4. The van der Waals surface area contributed by atoms with Crippen LogP contribution in [0.1, 0.15) is 28.4 Å². The van der Waals surface area contributed by atoms with Crippen molar-refractivity contribution in [3.63, 3.8) is 0 Å². The number of aryl methyl sites for hydroxylation is 1. The van der Waals surface area contributed by atoms with E-state index in [-0.39, 0.29) is 5.75 Å².